The Balaban J connectivity index is 1.44. The van der Waals surface area contributed by atoms with Gasteiger partial charge in [-0.25, -0.2) is 9.97 Å². The van der Waals surface area contributed by atoms with Crippen molar-refractivity contribution >= 4 is 21.7 Å². The topological polar surface area (TPSA) is 25.8 Å². The average Bonchev–Trinajstić information content (AvgIpc) is 3.13. The van der Waals surface area contributed by atoms with E-state index in [1.54, 1.807) is 0 Å². The zero-order chi connectivity index (χ0) is 23.6. The summed E-state index contributed by atoms with van der Waals surface area (Å²) in [5, 5.41) is 3.53. The lowest BCUT2D eigenvalue weighted by Crippen LogP contribution is -2.14. The van der Waals surface area contributed by atoms with Crippen LogP contribution in [-0.2, 0) is 5.41 Å². The summed E-state index contributed by atoms with van der Waals surface area (Å²) in [5.41, 5.74) is 9.54. The molecule has 1 aromatic heterocycles. The molecule has 6 aromatic rings. The number of hydrogen-bond acceptors (Lipinski definition) is 2. The molecule has 0 atom stereocenters. The lowest BCUT2D eigenvalue weighted by atomic mass is 9.82. The molecule has 1 aliphatic rings. The van der Waals surface area contributed by atoms with E-state index in [2.05, 4.69) is 105 Å². The summed E-state index contributed by atoms with van der Waals surface area (Å²) < 4.78 is 0. The maximum atomic E-state index is 5.07. The second kappa shape index (κ2) is 7.35. The summed E-state index contributed by atoms with van der Waals surface area (Å²) in [4.78, 5) is 10.0. The Labute approximate surface area is 204 Å². The molecular formula is C33H24N2. The molecule has 0 fully saturated rings. The van der Waals surface area contributed by atoms with Crippen molar-refractivity contribution in [2.75, 3.05) is 0 Å². The Morgan fingerprint density at radius 2 is 1.31 bits per heavy atom. The van der Waals surface area contributed by atoms with Gasteiger partial charge in [-0.3, -0.25) is 0 Å². The largest absolute Gasteiger partial charge is 0.228 e. The third kappa shape index (κ3) is 3.03. The van der Waals surface area contributed by atoms with Crippen molar-refractivity contribution in [3.05, 3.63) is 120 Å². The third-order valence-corrected chi connectivity index (χ3v) is 7.45. The van der Waals surface area contributed by atoms with E-state index < -0.39 is 0 Å². The third-order valence-electron chi connectivity index (χ3n) is 7.45. The van der Waals surface area contributed by atoms with Gasteiger partial charge < -0.3 is 0 Å². The van der Waals surface area contributed by atoms with Gasteiger partial charge in [0.05, 0.1) is 11.2 Å². The molecule has 0 bridgehead atoms. The quantitative estimate of drug-likeness (QED) is 0.266. The molecule has 166 valence electrons. The number of nitrogens with zero attached hydrogens (tertiary/aromatic N) is 2. The van der Waals surface area contributed by atoms with Crippen molar-refractivity contribution in [2.24, 2.45) is 0 Å². The van der Waals surface area contributed by atoms with Crippen molar-refractivity contribution in [1.29, 1.82) is 0 Å². The Hall–Kier alpha value is -4.30. The SMILES string of the molecule is CC1(C)c2ccccc2-c2cc3cc(-c4nc(-c5ccccc5)c5ccccc5n4)ccc3cc21. The Bertz CT molecular complexity index is 1760. The molecule has 0 saturated heterocycles. The van der Waals surface area contributed by atoms with Crippen LogP contribution in [0.3, 0.4) is 0 Å². The fraction of sp³-hybridized carbons (Fsp3) is 0.0909. The number of rotatable bonds is 2. The van der Waals surface area contributed by atoms with Gasteiger partial charge >= 0.3 is 0 Å². The van der Waals surface area contributed by atoms with Crippen LogP contribution in [0.25, 0.3) is 55.4 Å². The predicted octanol–water partition coefficient (Wildman–Crippen LogP) is 8.42. The van der Waals surface area contributed by atoms with E-state index >= 15 is 0 Å². The molecule has 7 rings (SSSR count). The molecule has 0 unspecified atom stereocenters. The van der Waals surface area contributed by atoms with E-state index in [0.29, 0.717) is 0 Å². The number of para-hydroxylation sites is 1. The monoisotopic (exact) mass is 448 g/mol. The highest BCUT2D eigenvalue weighted by Gasteiger charge is 2.35. The van der Waals surface area contributed by atoms with Crippen LogP contribution >= 0.6 is 0 Å². The van der Waals surface area contributed by atoms with Crippen LogP contribution in [0.1, 0.15) is 25.0 Å². The fourth-order valence-corrected chi connectivity index (χ4v) is 5.61. The summed E-state index contributed by atoms with van der Waals surface area (Å²) in [7, 11) is 0. The molecule has 0 aliphatic heterocycles. The van der Waals surface area contributed by atoms with Crippen LogP contribution in [0, 0.1) is 0 Å². The summed E-state index contributed by atoms with van der Waals surface area (Å²) in [6.45, 7) is 4.65. The Kier molecular flexibility index (Phi) is 4.22. The first-order valence-corrected chi connectivity index (χ1v) is 12.1. The van der Waals surface area contributed by atoms with Crippen molar-refractivity contribution < 1.29 is 0 Å². The highest BCUT2D eigenvalue weighted by molar-refractivity contribution is 5.97. The van der Waals surface area contributed by atoms with Gasteiger partial charge in [-0.05, 0) is 57.3 Å². The number of benzene rings is 5. The minimum Gasteiger partial charge on any atom is -0.228 e. The van der Waals surface area contributed by atoms with Crippen LogP contribution in [0.4, 0.5) is 0 Å². The van der Waals surface area contributed by atoms with Gasteiger partial charge in [0.25, 0.3) is 0 Å². The van der Waals surface area contributed by atoms with E-state index in [-0.39, 0.29) is 5.41 Å². The molecule has 2 nitrogen and oxygen atoms in total. The summed E-state index contributed by atoms with van der Waals surface area (Å²) >= 11 is 0. The molecule has 0 N–H and O–H groups in total. The minimum absolute atomic E-state index is 0.00479. The zero-order valence-electron chi connectivity index (χ0n) is 19.8. The van der Waals surface area contributed by atoms with Gasteiger partial charge in [-0.15, -0.1) is 0 Å². The molecule has 0 saturated carbocycles. The molecular weight excluding hydrogens is 424 g/mol. The van der Waals surface area contributed by atoms with Crippen LogP contribution < -0.4 is 0 Å². The van der Waals surface area contributed by atoms with Gasteiger partial charge in [-0.2, -0.15) is 0 Å². The van der Waals surface area contributed by atoms with Crippen molar-refractivity contribution in [1.82, 2.24) is 9.97 Å². The van der Waals surface area contributed by atoms with Gasteiger partial charge in [0.2, 0.25) is 0 Å². The Morgan fingerprint density at radius 1 is 0.543 bits per heavy atom. The minimum atomic E-state index is 0.00479. The van der Waals surface area contributed by atoms with Gasteiger partial charge in [0, 0.05) is 21.9 Å². The van der Waals surface area contributed by atoms with E-state index in [9.17, 15) is 0 Å². The summed E-state index contributed by atoms with van der Waals surface area (Å²) in [5.74, 6) is 0.755. The molecule has 1 aliphatic carbocycles. The summed E-state index contributed by atoms with van der Waals surface area (Å²) in [6.07, 6.45) is 0. The highest BCUT2D eigenvalue weighted by Crippen LogP contribution is 2.49. The van der Waals surface area contributed by atoms with Crippen LogP contribution in [0.2, 0.25) is 0 Å². The second-order valence-corrected chi connectivity index (χ2v) is 9.91. The van der Waals surface area contributed by atoms with Crippen LogP contribution in [0.15, 0.2) is 109 Å². The van der Waals surface area contributed by atoms with Gasteiger partial charge in [-0.1, -0.05) is 98.8 Å². The second-order valence-electron chi connectivity index (χ2n) is 9.91. The molecule has 1 heterocycles. The Morgan fingerprint density at radius 3 is 2.20 bits per heavy atom. The predicted molar refractivity (Wildman–Crippen MR) is 145 cm³/mol. The van der Waals surface area contributed by atoms with Crippen molar-refractivity contribution in [3.8, 4) is 33.8 Å². The lowest BCUT2D eigenvalue weighted by Gasteiger charge is -2.21. The van der Waals surface area contributed by atoms with Crippen molar-refractivity contribution in [3.63, 3.8) is 0 Å². The number of hydrogen-bond donors (Lipinski definition) is 0. The van der Waals surface area contributed by atoms with E-state index in [4.69, 9.17) is 9.97 Å². The van der Waals surface area contributed by atoms with Crippen LogP contribution in [-0.4, -0.2) is 9.97 Å². The van der Waals surface area contributed by atoms with E-state index in [0.717, 1.165) is 33.5 Å². The molecule has 2 heteroatoms. The smallest absolute Gasteiger partial charge is 0.160 e. The van der Waals surface area contributed by atoms with E-state index in [1.165, 1.54) is 33.0 Å². The standard InChI is InChI=1S/C33H24N2/c1-33(2)28-14-8-6-12-25(28)27-19-24-18-23(17-16-22(24)20-29(27)33)32-34-30-15-9-7-13-26(30)31(35-32)21-10-4-3-5-11-21/h3-20H,1-2H3. The first kappa shape index (κ1) is 20.1. The molecule has 0 amide bonds. The first-order valence-electron chi connectivity index (χ1n) is 12.1. The number of aromatic nitrogens is 2. The zero-order valence-corrected chi connectivity index (χ0v) is 19.8. The normalized spacial score (nSPS) is 13.7. The number of fused-ring (bicyclic) bond motifs is 5. The lowest BCUT2D eigenvalue weighted by molar-refractivity contribution is 0.661. The van der Waals surface area contributed by atoms with Crippen molar-refractivity contribution in [2.45, 2.75) is 19.3 Å². The average molecular weight is 449 g/mol. The van der Waals surface area contributed by atoms with E-state index in [1.807, 2.05) is 18.2 Å². The molecule has 0 radical (unpaired) electrons. The maximum absolute atomic E-state index is 5.07. The molecule has 0 spiro atoms. The maximum Gasteiger partial charge on any atom is 0.160 e. The highest BCUT2D eigenvalue weighted by atomic mass is 14.9. The van der Waals surface area contributed by atoms with Crippen LogP contribution in [0.5, 0.6) is 0 Å². The molecule has 5 aromatic carbocycles. The summed E-state index contributed by atoms with van der Waals surface area (Å²) in [6, 6.07) is 38.7. The first-order chi connectivity index (χ1) is 17.1. The fourth-order valence-electron chi connectivity index (χ4n) is 5.61. The molecule has 35 heavy (non-hydrogen) atoms. The van der Waals surface area contributed by atoms with Gasteiger partial charge in [0.1, 0.15) is 0 Å². The van der Waals surface area contributed by atoms with Gasteiger partial charge in [0.15, 0.2) is 5.82 Å².